The average Bonchev–Trinajstić information content (AvgIpc) is 2.87. The monoisotopic (exact) mass is 242 g/mol. The number of nitrogens with one attached hydrogen (secondary N) is 1. The third kappa shape index (κ3) is 2.08. The predicted octanol–water partition coefficient (Wildman–Crippen LogP) is 2.82. The molecule has 0 spiro atoms. The van der Waals surface area contributed by atoms with Crippen LogP contribution in [0, 0.1) is 0 Å². The number of nitrogens with zero attached hydrogens (tertiary/aromatic N) is 1. The number of hydrogen-bond acceptors (Lipinski definition) is 4. The highest BCUT2D eigenvalue weighted by Crippen LogP contribution is 2.38. The summed E-state index contributed by atoms with van der Waals surface area (Å²) >= 11 is 3.83. The van der Waals surface area contributed by atoms with Crippen LogP contribution < -0.4 is 5.32 Å². The molecule has 1 aromatic heterocycles. The molecule has 1 N–H and O–H groups in total. The Kier molecular flexibility index (Phi) is 3.38. The summed E-state index contributed by atoms with van der Waals surface area (Å²) in [6, 6.07) is 0. The van der Waals surface area contributed by atoms with Crippen molar-refractivity contribution in [3.63, 3.8) is 0 Å². The number of hydrogen-bond donors (Lipinski definition) is 1. The molecule has 0 amide bonds. The molecule has 1 unspecified atom stereocenters. The van der Waals surface area contributed by atoms with Gasteiger partial charge in [-0.05, 0) is 25.1 Å². The highest BCUT2D eigenvalue weighted by molar-refractivity contribution is 7.99. The molecule has 0 bridgehead atoms. The van der Waals surface area contributed by atoms with E-state index < -0.39 is 0 Å². The quantitative estimate of drug-likeness (QED) is 0.882. The van der Waals surface area contributed by atoms with Gasteiger partial charge in [0.05, 0.1) is 11.2 Å². The van der Waals surface area contributed by atoms with Crippen molar-refractivity contribution >= 4 is 23.1 Å². The zero-order valence-electron chi connectivity index (χ0n) is 9.54. The van der Waals surface area contributed by atoms with Gasteiger partial charge in [0.2, 0.25) is 0 Å². The molecular weight excluding hydrogens is 224 g/mol. The molecule has 84 valence electrons. The zero-order valence-corrected chi connectivity index (χ0v) is 11.2. The fourth-order valence-corrected chi connectivity index (χ4v) is 4.53. The minimum Gasteiger partial charge on any atom is -0.308 e. The van der Waals surface area contributed by atoms with Crippen molar-refractivity contribution in [3.8, 4) is 0 Å². The Labute approximate surface area is 99.9 Å². The van der Waals surface area contributed by atoms with Gasteiger partial charge in [-0.25, -0.2) is 4.98 Å². The second-order valence-electron chi connectivity index (χ2n) is 4.37. The van der Waals surface area contributed by atoms with Gasteiger partial charge in [-0.3, -0.25) is 0 Å². The maximum absolute atomic E-state index is 4.78. The summed E-state index contributed by atoms with van der Waals surface area (Å²) in [6.45, 7) is 4.41. The fraction of sp³-hybridized carbons (Fsp3) is 0.727. The Morgan fingerprint density at radius 3 is 2.80 bits per heavy atom. The standard InChI is InChI=1S/C11H18N2S2/c1-8(2)9-6-15-10(13-9)11(12-3)4-5-14-7-11/h6,8,12H,4-5,7H2,1-3H3. The molecule has 15 heavy (non-hydrogen) atoms. The van der Waals surface area contributed by atoms with Crippen molar-refractivity contribution in [2.75, 3.05) is 18.6 Å². The highest BCUT2D eigenvalue weighted by atomic mass is 32.2. The Morgan fingerprint density at radius 2 is 2.33 bits per heavy atom. The van der Waals surface area contributed by atoms with Crippen LogP contribution in [0.25, 0.3) is 0 Å². The van der Waals surface area contributed by atoms with Crippen LogP contribution in [-0.2, 0) is 5.54 Å². The van der Waals surface area contributed by atoms with Crippen LogP contribution >= 0.6 is 23.1 Å². The van der Waals surface area contributed by atoms with E-state index in [1.807, 2.05) is 23.1 Å². The highest BCUT2D eigenvalue weighted by Gasteiger charge is 2.37. The van der Waals surface area contributed by atoms with Crippen molar-refractivity contribution in [2.45, 2.75) is 31.7 Å². The van der Waals surface area contributed by atoms with E-state index in [-0.39, 0.29) is 5.54 Å². The molecule has 1 aliphatic rings. The van der Waals surface area contributed by atoms with E-state index in [2.05, 4.69) is 31.6 Å². The minimum atomic E-state index is 0.155. The molecule has 0 aliphatic carbocycles. The van der Waals surface area contributed by atoms with Crippen LogP contribution in [0.3, 0.4) is 0 Å². The summed E-state index contributed by atoms with van der Waals surface area (Å²) in [6.07, 6.45) is 1.21. The SMILES string of the molecule is CNC1(c2nc(C(C)C)cs2)CCSC1. The van der Waals surface area contributed by atoms with Crippen molar-refractivity contribution in [1.82, 2.24) is 10.3 Å². The van der Waals surface area contributed by atoms with E-state index in [0.29, 0.717) is 5.92 Å². The molecule has 2 heterocycles. The van der Waals surface area contributed by atoms with Gasteiger partial charge >= 0.3 is 0 Å². The topological polar surface area (TPSA) is 24.9 Å². The minimum absolute atomic E-state index is 0.155. The summed E-state index contributed by atoms with van der Waals surface area (Å²) in [5, 5.41) is 6.96. The maximum Gasteiger partial charge on any atom is 0.114 e. The van der Waals surface area contributed by atoms with Crippen LogP contribution in [0.2, 0.25) is 0 Å². The first-order chi connectivity index (χ1) is 7.18. The van der Waals surface area contributed by atoms with Crippen molar-refractivity contribution in [3.05, 3.63) is 16.1 Å². The van der Waals surface area contributed by atoms with Crippen molar-refractivity contribution in [2.24, 2.45) is 0 Å². The van der Waals surface area contributed by atoms with Gasteiger partial charge in [-0.15, -0.1) is 11.3 Å². The lowest BCUT2D eigenvalue weighted by molar-refractivity contribution is 0.409. The molecule has 1 saturated heterocycles. The van der Waals surface area contributed by atoms with Crippen LogP contribution in [0.4, 0.5) is 0 Å². The van der Waals surface area contributed by atoms with Crippen molar-refractivity contribution in [1.29, 1.82) is 0 Å². The molecule has 1 atom stereocenters. The third-order valence-corrected chi connectivity index (χ3v) is 5.28. The molecule has 0 saturated carbocycles. The fourth-order valence-electron chi connectivity index (χ4n) is 1.81. The van der Waals surface area contributed by atoms with E-state index in [1.165, 1.54) is 22.9 Å². The van der Waals surface area contributed by atoms with Gasteiger partial charge in [0.1, 0.15) is 5.01 Å². The average molecular weight is 242 g/mol. The third-order valence-electron chi connectivity index (χ3n) is 3.02. The summed E-state index contributed by atoms with van der Waals surface area (Å²) in [7, 11) is 2.06. The van der Waals surface area contributed by atoms with Gasteiger partial charge in [0.25, 0.3) is 0 Å². The molecule has 1 fully saturated rings. The maximum atomic E-state index is 4.78. The number of thiazole rings is 1. The van der Waals surface area contributed by atoms with Gasteiger partial charge < -0.3 is 5.32 Å². The Morgan fingerprint density at radius 1 is 1.53 bits per heavy atom. The summed E-state index contributed by atoms with van der Waals surface area (Å²) in [5.41, 5.74) is 1.39. The number of aromatic nitrogens is 1. The number of rotatable bonds is 3. The lowest BCUT2D eigenvalue weighted by Gasteiger charge is -2.24. The predicted molar refractivity (Wildman–Crippen MR) is 68.9 cm³/mol. The molecule has 0 radical (unpaired) electrons. The van der Waals surface area contributed by atoms with Crippen LogP contribution in [0.15, 0.2) is 5.38 Å². The smallest absolute Gasteiger partial charge is 0.114 e. The molecule has 2 rings (SSSR count). The Balaban J connectivity index is 2.27. The van der Waals surface area contributed by atoms with Gasteiger partial charge in [0, 0.05) is 11.1 Å². The molecule has 4 heteroatoms. The van der Waals surface area contributed by atoms with E-state index in [9.17, 15) is 0 Å². The summed E-state index contributed by atoms with van der Waals surface area (Å²) < 4.78 is 0. The lowest BCUT2D eigenvalue weighted by atomic mass is 10.0. The first-order valence-electron chi connectivity index (χ1n) is 5.40. The second-order valence-corrected chi connectivity index (χ2v) is 6.33. The van der Waals surface area contributed by atoms with E-state index in [0.717, 1.165) is 5.75 Å². The first-order valence-corrected chi connectivity index (χ1v) is 7.44. The normalized spacial score (nSPS) is 26.4. The summed E-state index contributed by atoms with van der Waals surface area (Å²) in [4.78, 5) is 4.78. The zero-order chi connectivity index (χ0) is 10.9. The van der Waals surface area contributed by atoms with Crippen molar-refractivity contribution < 1.29 is 0 Å². The molecule has 2 nitrogen and oxygen atoms in total. The second kappa shape index (κ2) is 4.44. The Hall–Kier alpha value is -0.0600. The van der Waals surface area contributed by atoms with Crippen LogP contribution in [0.1, 0.15) is 36.9 Å². The van der Waals surface area contributed by atoms with E-state index >= 15 is 0 Å². The lowest BCUT2D eigenvalue weighted by Crippen LogP contribution is -2.39. The van der Waals surface area contributed by atoms with Gasteiger partial charge in [0.15, 0.2) is 0 Å². The Bertz CT molecular complexity index is 327. The van der Waals surface area contributed by atoms with Crippen LogP contribution in [-0.4, -0.2) is 23.5 Å². The molecule has 0 aromatic carbocycles. The summed E-state index contributed by atoms with van der Waals surface area (Å²) in [5.74, 6) is 2.95. The molecule has 1 aliphatic heterocycles. The molecular formula is C11H18N2S2. The molecule has 1 aromatic rings. The van der Waals surface area contributed by atoms with E-state index in [4.69, 9.17) is 4.98 Å². The largest absolute Gasteiger partial charge is 0.308 e. The first kappa shape index (κ1) is 11.4. The van der Waals surface area contributed by atoms with Crippen LogP contribution in [0.5, 0.6) is 0 Å². The van der Waals surface area contributed by atoms with E-state index in [1.54, 1.807) is 0 Å². The van der Waals surface area contributed by atoms with Gasteiger partial charge in [-0.2, -0.15) is 11.8 Å². The number of thioether (sulfide) groups is 1. The van der Waals surface area contributed by atoms with Gasteiger partial charge in [-0.1, -0.05) is 13.8 Å².